The van der Waals surface area contributed by atoms with E-state index in [-0.39, 0.29) is 5.43 Å². The highest BCUT2D eigenvalue weighted by Gasteiger charge is 2.11. The van der Waals surface area contributed by atoms with Crippen molar-refractivity contribution in [2.45, 2.75) is 27.2 Å². The lowest BCUT2D eigenvalue weighted by Crippen LogP contribution is -2.11. The van der Waals surface area contributed by atoms with Crippen LogP contribution in [0.1, 0.15) is 23.7 Å². The van der Waals surface area contributed by atoms with Gasteiger partial charge in [0.2, 0.25) is 0 Å². The Hall–Kier alpha value is -3.05. The minimum Gasteiger partial charge on any atom is -0.457 e. The van der Waals surface area contributed by atoms with Crippen LogP contribution in [0.25, 0.3) is 10.9 Å². The number of fused-ring (bicyclic) bond motifs is 1. The van der Waals surface area contributed by atoms with Gasteiger partial charge in [-0.05, 0) is 86.5 Å². The number of nitrogens with one attached hydrogen (secondary N) is 1. The van der Waals surface area contributed by atoms with Crippen molar-refractivity contribution in [1.82, 2.24) is 4.98 Å². The highest BCUT2D eigenvalue weighted by Crippen LogP contribution is 2.31. The molecule has 0 atom stereocenters. The summed E-state index contributed by atoms with van der Waals surface area (Å²) in [5, 5.41) is 0.639. The van der Waals surface area contributed by atoms with Crippen LogP contribution in [0.15, 0.2) is 69.9 Å². The smallest absolute Gasteiger partial charge is 0.192 e. The summed E-state index contributed by atoms with van der Waals surface area (Å²) in [7, 11) is 0. The molecule has 0 spiro atoms. The molecule has 4 nitrogen and oxygen atoms in total. The monoisotopic (exact) mass is 463 g/mol. The molecule has 1 N–H and O–H groups in total. The predicted octanol–water partition coefficient (Wildman–Crippen LogP) is 7.05. The molecule has 0 aliphatic heterocycles. The van der Waals surface area contributed by atoms with Crippen LogP contribution < -0.4 is 14.9 Å². The Morgan fingerprint density at radius 1 is 0.867 bits per heavy atom. The zero-order valence-electron chi connectivity index (χ0n) is 17.1. The number of H-pyrrole nitrogens is 1. The van der Waals surface area contributed by atoms with Gasteiger partial charge in [0, 0.05) is 21.1 Å². The van der Waals surface area contributed by atoms with Crippen LogP contribution in [0.5, 0.6) is 23.0 Å². The average Bonchev–Trinajstić information content (AvgIpc) is 2.75. The highest BCUT2D eigenvalue weighted by atomic mass is 79.9. The van der Waals surface area contributed by atoms with E-state index in [0.717, 1.165) is 44.7 Å². The third-order valence-corrected chi connectivity index (χ3v) is 5.62. The molecule has 0 amide bonds. The number of aromatic nitrogens is 1. The first kappa shape index (κ1) is 20.2. The number of aromatic amines is 1. The maximum absolute atomic E-state index is 12.8. The maximum atomic E-state index is 12.8. The molecule has 152 valence electrons. The van der Waals surface area contributed by atoms with Crippen LogP contribution in [0.2, 0.25) is 0 Å². The summed E-state index contributed by atoms with van der Waals surface area (Å²) in [4.78, 5) is 16.1. The minimum atomic E-state index is 0.0451. The lowest BCUT2D eigenvalue weighted by Gasteiger charge is -2.13. The molecule has 5 heteroatoms. The van der Waals surface area contributed by atoms with Crippen molar-refractivity contribution in [3.8, 4) is 23.0 Å². The van der Waals surface area contributed by atoms with Gasteiger partial charge in [-0.3, -0.25) is 4.79 Å². The third-order valence-electron chi connectivity index (χ3n) is 5.09. The van der Waals surface area contributed by atoms with E-state index in [4.69, 9.17) is 9.47 Å². The van der Waals surface area contributed by atoms with Crippen molar-refractivity contribution >= 4 is 26.8 Å². The second kappa shape index (κ2) is 8.36. The zero-order chi connectivity index (χ0) is 21.3. The van der Waals surface area contributed by atoms with Gasteiger partial charge in [-0.1, -0.05) is 22.9 Å². The van der Waals surface area contributed by atoms with E-state index in [1.807, 2.05) is 81.4 Å². The van der Waals surface area contributed by atoms with Gasteiger partial charge in [0.05, 0.1) is 5.52 Å². The van der Waals surface area contributed by atoms with E-state index in [1.165, 1.54) is 0 Å². The van der Waals surface area contributed by atoms with Crippen molar-refractivity contribution in [2.24, 2.45) is 0 Å². The number of hydrogen-bond donors (Lipinski definition) is 1. The molecule has 3 aromatic carbocycles. The molecular weight excluding hydrogens is 442 g/mol. The van der Waals surface area contributed by atoms with Gasteiger partial charge in [-0.15, -0.1) is 0 Å². The summed E-state index contributed by atoms with van der Waals surface area (Å²) in [5.41, 5.74) is 3.57. The Morgan fingerprint density at radius 3 is 2.03 bits per heavy atom. The number of halogens is 1. The summed E-state index contributed by atoms with van der Waals surface area (Å²) in [6, 6.07) is 18.9. The molecule has 0 radical (unpaired) electrons. The molecule has 0 aliphatic carbocycles. The minimum absolute atomic E-state index is 0.0451. The van der Waals surface area contributed by atoms with Crippen molar-refractivity contribution in [3.63, 3.8) is 0 Å². The Morgan fingerprint density at radius 2 is 1.43 bits per heavy atom. The van der Waals surface area contributed by atoms with Crippen LogP contribution in [0, 0.1) is 13.8 Å². The average molecular weight is 464 g/mol. The van der Waals surface area contributed by atoms with Crippen LogP contribution in [-0.2, 0) is 6.42 Å². The van der Waals surface area contributed by atoms with Gasteiger partial charge in [0.15, 0.2) is 5.43 Å². The van der Waals surface area contributed by atoms with Crippen LogP contribution in [0.4, 0.5) is 0 Å². The molecule has 4 rings (SSSR count). The molecule has 0 fully saturated rings. The van der Waals surface area contributed by atoms with Crippen molar-refractivity contribution in [1.29, 1.82) is 0 Å². The number of hydrogen-bond acceptors (Lipinski definition) is 3. The molecule has 1 aromatic heterocycles. The molecule has 0 unspecified atom stereocenters. The topological polar surface area (TPSA) is 51.3 Å². The molecule has 0 aliphatic rings. The number of ether oxygens (including phenoxy) is 2. The fraction of sp³-hybridized carbons (Fsp3) is 0.160. The highest BCUT2D eigenvalue weighted by molar-refractivity contribution is 9.10. The van der Waals surface area contributed by atoms with Crippen molar-refractivity contribution in [3.05, 3.63) is 92.2 Å². The van der Waals surface area contributed by atoms with Gasteiger partial charge >= 0.3 is 0 Å². The summed E-state index contributed by atoms with van der Waals surface area (Å²) in [6.45, 7) is 5.88. The number of rotatable bonds is 5. The quantitative estimate of drug-likeness (QED) is 0.344. The second-order valence-corrected chi connectivity index (χ2v) is 8.12. The molecule has 30 heavy (non-hydrogen) atoms. The Labute approximate surface area is 183 Å². The van der Waals surface area contributed by atoms with E-state index < -0.39 is 0 Å². The third kappa shape index (κ3) is 4.12. The van der Waals surface area contributed by atoms with Crippen LogP contribution in [0.3, 0.4) is 0 Å². The van der Waals surface area contributed by atoms with Gasteiger partial charge < -0.3 is 14.5 Å². The number of pyridine rings is 1. The number of benzene rings is 3. The maximum Gasteiger partial charge on any atom is 0.192 e. The molecular formula is C25H22BrNO3. The molecule has 0 bridgehead atoms. The van der Waals surface area contributed by atoms with E-state index in [2.05, 4.69) is 20.9 Å². The number of aryl methyl sites for hydroxylation is 2. The van der Waals surface area contributed by atoms with E-state index in [9.17, 15) is 4.79 Å². The van der Waals surface area contributed by atoms with Crippen molar-refractivity contribution in [2.75, 3.05) is 0 Å². The SMILES string of the molecule is CCc1[nH]c2cc(C)c(Oc3ccc(Oc4ccc(Br)cc4)cc3)cc2c(=O)c1C. The van der Waals surface area contributed by atoms with Crippen molar-refractivity contribution < 1.29 is 9.47 Å². The van der Waals surface area contributed by atoms with Gasteiger partial charge in [0.25, 0.3) is 0 Å². The Kier molecular flexibility index (Phi) is 5.64. The second-order valence-electron chi connectivity index (χ2n) is 7.20. The molecule has 4 aromatic rings. The van der Waals surface area contributed by atoms with E-state index >= 15 is 0 Å². The summed E-state index contributed by atoms with van der Waals surface area (Å²) in [6.07, 6.45) is 0.795. The normalized spacial score (nSPS) is 10.9. The standard InChI is InChI=1S/C25H22BrNO3/c1-4-22-16(3)25(28)21-14-24(15(2)13-23(21)27-22)30-20-11-9-19(10-12-20)29-18-7-5-17(26)6-8-18/h5-14H,4H2,1-3H3,(H,27,28). The van der Waals surface area contributed by atoms with Gasteiger partial charge in [-0.25, -0.2) is 0 Å². The molecule has 0 saturated carbocycles. The van der Waals surface area contributed by atoms with E-state index in [0.29, 0.717) is 16.9 Å². The summed E-state index contributed by atoms with van der Waals surface area (Å²) in [5.74, 6) is 2.83. The zero-order valence-corrected chi connectivity index (χ0v) is 18.7. The Balaban J connectivity index is 1.59. The van der Waals surface area contributed by atoms with Gasteiger partial charge in [0.1, 0.15) is 23.0 Å². The lowest BCUT2D eigenvalue weighted by molar-refractivity contribution is 0.468. The van der Waals surface area contributed by atoms with Gasteiger partial charge in [-0.2, -0.15) is 0 Å². The predicted molar refractivity (Wildman–Crippen MR) is 124 cm³/mol. The summed E-state index contributed by atoms with van der Waals surface area (Å²) >= 11 is 3.41. The summed E-state index contributed by atoms with van der Waals surface area (Å²) < 4.78 is 12.9. The van der Waals surface area contributed by atoms with E-state index in [1.54, 1.807) is 0 Å². The first-order valence-electron chi connectivity index (χ1n) is 9.82. The van der Waals surface area contributed by atoms with Crippen LogP contribution >= 0.6 is 15.9 Å². The fourth-order valence-corrected chi connectivity index (χ4v) is 3.64. The Bertz CT molecular complexity index is 1260. The first-order chi connectivity index (χ1) is 14.4. The fourth-order valence-electron chi connectivity index (χ4n) is 3.38. The van der Waals surface area contributed by atoms with Crippen LogP contribution in [-0.4, -0.2) is 4.98 Å². The lowest BCUT2D eigenvalue weighted by atomic mass is 10.1. The first-order valence-corrected chi connectivity index (χ1v) is 10.6. The molecule has 1 heterocycles. The largest absolute Gasteiger partial charge is 0.457 e. The molecule has 0 saturated heterocycles.